The third-order valence-corrected chi connectivity index (χ3v) is 9.83. The van der Waals surface area contributed by atoms with Gasteiger partial charge < -0.3 is 10.1 Å². The van der Waals surface area contributed by atoms with Gasteiger partial charge in [-0.2, -0.15) is 0 Å². The van der Waals surface area contributed by atoms with E-state index in [1.54, 1.807) is 29.6 Å². The molecule has 2 atom stereocenters. The lowest BCUT2D eigenvalue weighted by Gasteiger charge is -2.25. The number of methoxy groups -OCH3 is 1. The molecular formula is C28H31ClN4O3S. The molecule has 7 nitrogen and oxygen atoms in total. The highest BCUT2D eigenvalue weighted by molar-refractivity contribution is 7.90. The highest BCUT2D eigenvalue weighted by Gasteiger charge is 2.51. The minimum absolute atomic E-state index is 0.0371. The topological polar surface area (TPSA) is 95.4 Å². The van der Waals surface area contributed by atoms with Crippen LogP contribution < -0.4 is 10.1 Å². The van der Waals surface area contributed by atoms with Crippen molar-refractivity contribution in [2.24, 2.45) is 0 Å². The summed E-state index contributed by atoms with van der Waals surface area (Å²) in [4.78, 5) is 18.4. The molecule has 1 saturated heterocycles. The van der Waals surface area contributed by atoms with Crippen LogP contribution in [0.2, 0.25) is 0 Å². The fraction of sp³-hybridized carbons (Fsp3) is 0.357. The maximum absolute atomic E-state index is 13.3. The first-order chi connectivity index (χ1) is 17.8. The van der Waals surface area contributed by atoms with Crippen LogP contribution in [-0.4, -0.2) is 45.0 Å². The average molecular weight is 539 g/mol. The normalized spacial score (nSPS) is 20.2. The van der Waals surface area contributed by atoms with Crippen molar-refractivity contribution < 1.29 is 13.7 Å². The van der Waals surface area contributed by atoms with Gasteiger partial charge in [0.15, 0.2) is 0 Å². The first kappa shape index (κ1) is 25.7. The quantitative estimate of drug-likeness (QED) is 0.356. The zero-order valence-electron chi connectivity index (χ0n) is 21.0. The van der Waals surface area contributed by atoms with Gasteiger partial charge in [-0.05, 0) is 74.1 Å². The molecule has 2 aromatic carbocycles. The summed E-state index contributed by atoms with van der Waals surface area (Å²) in [5, 5.41) is 3.01. The molecule has 2 fully saturated rings. The second-order valence-electron chi connectivity index (χ2n) is 9.77. The maximum atomic E-state index is 13.3. The van der Waals surface area contributed by atoms with Crippen LogP contribution in [0.25, 0.3) is 11.3 Å². The molecule has 1 saturated carbocycles. The minimum Gasteiger partial charge on any atom is -0.496 e. The summed E-state index contributed by atoms with van der Waals surface area (Å²) in [6, 6.07) is 18.5. The smallest absolute Gasteiger partial charge is 0.236 e. The van der Waals surface area contributed by atoms with Crippen molar-refractivity contribution in [3.05, 3.63) is 71.8 Å². The van der Waals surface area contributed by atoms with Crippen molar-refractivity contribution in [1.29, 1.82) is 4.78 Å². The Bertz CT molecular complexity index is 1420. The van der Waals surface area contributed by atoms with E-state index in [0.717, 1.165) is 48.1 Å². The van der Waals surface area contributed by atoms with E-state index in [2.05, 4.69) is 10.3 Å². The van der Waals surface area contributed by atoms with Crippen LogP contribution in [0.4, 0.5) is 5.82 Å². The molecule has 2 N–H and O–H groups in total. The summed E-state index contributed by atoms with van der Waals surface area (Å²) < 4.78 is 29.0. The number of hydrogen-bond donors (Lipinski definition) is 2. The molecule has 37 heavy (non-hydrogen) atoms. The average Bonchev–Trinajstić information content (AvgIpc) is 3.58. The van der Waals surface area contributed by atoms with Crippen molar-refractivity contribution in [1.82, 2.24) is 9.29 Å². The van der Waals surface area contributed by atoms with Crippen LogP contribution >= 0.6 is 11.6 Å². The zero-order valence-corrected chi connectivity index (χ0v) is 22.6. The number of benzene rings is 2. The van der Waals surface area contributed by atoms with E-state index in [4.69, 9.17) is 21.1 Å². The van der Waals surface area contributed by atoms with Gasteiger partial charge in [-0.3, -0.25) is 4.79 Å². The molecule has 0 bridgehead atoms. The SMILES string of the molecule is COc1ccc(C2(C(=O)Nc3cccc(-c4ccc(S(=N)(=O)N5CCC[C@@H]5CCl)cc4)n3)CC2)cc1C. The third-order valence-electron chi connectivity index (χ3n) is 7.42. The summed E-state index contributed by atoms with van der Waals surface area (Å²) in [7, 11) is -1.46. The molecule has 2 heterocycles. The van der Waals surface area contributed by atoms with E-state index >= 15 is 0 Å². The van der Waals surface area contributed by atoms with Gasteiger partial charge in [-0.1, -0.05) is 30.3 Å². The number of nitrogens with zero attached hydrogens (tertiary/aromatic N) is 2. The highest BCUT2D eigenvalue weighted by atomic mass is 35.5. The minimum atomic E-state index is -3.10. The second-order valence-corrected chi connectivity index (χ2v) is 12.1. The standard InChI is InChI=1S/C28H31ClN4O3S/c1-19-17-21(10-13-25(19)36-2)28(14-15-28)27(34)32-26-7-3-6-24(31-26)20-8-11-23(12-9-20)37(30,35)33-16-4-5-22(33)18-29/h3,6-13,17,22,30H,4-5,14-16,18H2,1-2H3,(H,31,32,34)/t22-,37?/m1/s1. The van der Waals surface area contributed by atoms with Crippen LogP contribution in [-0.2, 0) is 20.1 Å². The fourth-order valence-electron chi connectivity index (χ4n) is 5.10. The number of rotatable bonds is 8. The summed E-state index contributed by atoms with van der Waals surface area (Å²) in [5.41, 5.74) is 2.95. The Labute approximate surface area is 223 Å². The summed E-state index contributed by atoms with van der Waals surface area (Å²) in [6.07, 6.45) is 3.34. The van der Waals surface area contributed by atoms with Crippen molar-refractivity contribution in [2.45, 2.75) is 49.0 Å². The molecule has 0 spiro atoms. The highest BCUT2D eigenvalue weighted by Crippen LogP contribution is 2.49. The number of ether oxygens (including phenoxy) is 1. The van der Waals surface area contributed by atoms with E-state index in [9.17, 15) is 9.00 Å². The molecule has 9 heteroatoms. The van der Waals surface area contributed by atoms with E-state index in [-0.39, 0.29) is 11.9 Å². The van der Waals surface area contributed by atoms with Crippen molar-refractivity contribution in [2.75, 3.05) is 24.9 Å². The molecule has 3 aromatic rings. The van der Waals surface area contributed by atoms with Crippen LogP contribution in [0.15, 0.2) is 65.6 Å². The van der Waals surface area contributed by atoms with E-state index in [1.807, 2.05) is 49.4 Å². The molecule has 1 aliphatic heterocycles. The molecule has 0 radical (unpaired) electrons. The molecule has 1 aromatic heterocycles. The van der Waals surface area contributed by atoms with Crippen LogP contribution in [0.5, 0.6) is 5.75 Å². The predicted octanol–water partition coefficient (Wildman–Crippen LogP) is 5.76. The van der Waals surface area contributed by atoms with E-state index in [0.29, 0.717) is 28.8 Å². The van der Waals surface area contributed by atoms with Crippen LogP contribution in [0.3, 0.4) is 0 Å². The van der Waals surface area contributed by atoms with Gasteiger partial charge in [0.2, 0.25) is 5.91 Å². The fourth-order valence-corrected chi connectivity index (χ4v) is 7.26. The largest absolute Gasteiger partial charge is 0.496 e. The summed E-state index contributed by atoms with van der Waals surface area (Å²) >= 11 is 6.04. The predicted molar refractivity (Wildman–Crippen MR) is 147 cm³/mol. The Hall–Kier alpha value is -2.94. The molecule has 1 amide bonds. The molecule has 1 aliphatic carbocycles. The molecule has 2 aliphatic rings. The molecule has 1 unspecified atom stereocenters. The number of carbonyl (C=O) groups excluding carboxylic acids is 1. The lowest BCUT2D eigenvalue weighted by Crippen LogP contribution is -2.35. The van der Waals surface area contributed by atoms with Crippen molar-refractivity contribution in [3.8, 4) is 17.0 Å². The Kier molecular flexibility index (Phi) is 7.00. The van der Waals surface area contributed by atoms with Gasteiger partial charge in [0.25, 0.3) is 0 Å². The number of pyridine rings is 1. The number of anilines is 1. The van der Waals surface area contributed by atoms with Crippen LogP contribution in [0, 0.1) is 11.7 Å². The number of alkyl halides is 1. The monoisotopic (exact) mass is 538 g/mol. The number of nitrogens with one attached hydrogen (secondary N) is 2. The Balaban J connectivity index is 1.33. The number of carbonyl (C=O) groups is 1. The molecular weight excluding hydrogens is 508 g/mol. The van der Waals surface area contributed by atoms with E-state index in [1.165, 1.54) is 0 Å². The molecule has 194 valence electrons. The Morgan fingerprint density at radius 3 is 2.62 bits per heavy atom. The summed E-state index contributed by atoms with van der Waals surface area (Å²) in [6.45, 7) is 2.59. The third kappa shape index (κ3) is 4.85. The van der Waals surface area contributed by atoms with Gasteiger partial charge in [-0.25, -0.2) is 18.3 Å². The van der Waals surface area contributed by atoms with Crippen LogP contribution in [0.1, 0.15) is 36.8 Å². The van der Waals surface area contributed by atoms with Gasteiger partial charge in [0, 0.05) is 24.0 Å². The number of hydrogen-bond acceptors (Lipinski definition) is 5. The summed E-state index contributed by atoms with van der Waals surface area (Å²) in [5.74, 6) is 1.59. The lowest BCUT2D eigenvalue weighted by atomic mass is 9.93. The van der Waals surface area contributed by atoms with E-state index < -0.39 is 15.3 Å². The lowest BCUT2D eigenvalue weighted by molar-refractivity contribution is -0.118. The number of halogens is 1. The van der Waals surface area contributed by atoms with Gasteiger partial charge in [0.1, 0.15) is 21.5 Å². The number of amides is 1. The maximum Gasteiger partial charge on any atom is 0.236 e. The number of aryl methyl sites for hydroxylation is 1. The first-order valence-corrected chi connectivity index (χ1v) is 14.5. The molecule has 5 rings (SSSR count). The zero-order chi connectivity index (χ0) is 26.2. The van der Waals surface area contributed by atoms with Gasteiger partial charge >= 0.3 is 0 Å². The Morgan fingerprint density at radius 1 is 1.22 bits per heavy atom. The van der Waals surface area contributed by atoms with Crippen molar-refractivity contribution in [3.63, 3.8) is 0 Å². The van der Waals surface area contributed by atoms with Gasteiger partial charge in [0.05, 0.1) is 23.1 Å². The van der Waals surface area contributed by atoms with Crippen molar-refractivity contribution >= 4 is 33.2 Å². The first-order valence-electron chi connectivity index (χ1n) is 12.4. The Morgan fingerprint density at radius 2 is 1.97 bits per heavy atom. The van der Waals surface area contributed by atoms with Gasteiger partial charge in [-0.15, -0.1) is 11.6 Å². The number of aromatic nitrogens is 1. The second kappa shape index (κ2) is 10.1.